The summed E-state index contributed by atoms with van der Waals surface area (Å²) in [6, 6.07) is 0. The zero-order valence-corrected chi connectivity index (χ0v) is 6.56. The molecule has 0 amide bonds. The Bertz CT molecular complexity index is 120. The molecule has 0 spiro atoms. The monoisotopic (exact) mass is 188 g/mol. The van der Waals surface area contributed by atoms with Crippen molar-refractivity contribution >= 4 is 5.97 Å². The van der Waals surface area contributed by atoms with Gasteiger partial charge in [-0.3, -0.25) is 0 Å². The zero-order valence-electron chi connectivity index (χ0n) is 6.56. The summed E-state index contributed by atoms with van der Waals surface area (Å²) in [7, 11) is 0. The second-order valence-corrected chi connectivity index (χ2v) is 1.88. The van der Waals surface area contributed by atoms with Crippen LogP contribution in [0.15, 0.2) is 0 Å². The quantitative estimate of drug-likeness (QED) is 0.688. The van der Waals surface area contributed by atoms with Crippen LogP contribution in [0.4, 0.5) is 13.2 Å². The van der Waals surface area contributed by atoms with Crippen molar-refractivity contribution in [2.75, 3.05) is 6.61 Å². The van der Waals surface area contributed by atoms with E-state index in [-0.39, 0.29) is 0 Å². The van der Waals surface area contributed by atoms with E-state index in [2.05, 4.69) is 6.92 Å². The zero-order chi connectivity index (χ0) is 10.2. The third-order valence-corrected chi connectivity index (χ3v) is 0.754. The van der Waals surface area contributed by atoms with E-state index < -0.39 is 12.1 Å². The van der Waals surface area contributed by atoms with Crippen molar-refractivity contribution in [3.63, 3.8) is 0 Å². The van der Waals surface area contributed by atoms with E-state index in [9.17, 15) is 13.2 Å². The highest BCUT2D eigenvalue weighted by atomic mass is 19.4. The molecule has 0 bridgehead atoms. The summed E-state index contributed by atoms with van der Waals surface area (Å²) in [5.74, 6) is -2.76. The van der Waals surface area contributed by atoms with Gasteiger partial charge in [-0.1, -0.05) is 13.3 Å². The number of aliphatic hydroxyl groups is 1. The molecule has 0 unspecified atom stereocenters. The van der Waals surface area contributed by atoms with Crippen LogP contribution in [0.3, 0.4) is 0 Å². The van der Waals surface area contributed by atoms with Gasteiger partial charge in [-0.2, -0.15) is 13.2 Å². The number of carboxylic acid groups (broad SMARTS) is 1. The van der Waals surface area contributed by atoms with E-state index in [1.165, 1.54) is 0 Å². The molecule has 12 heavy (non-hydrogen) atoms. The average molecular weight is 188 g/mol. The number of hydrogen-bond donors (Lipinski definition) is 2. The highest BCUT2D eigenvalue weighted by molar-refractivity contribution is 5.73. The Kier molecular flexibility index (Phi) is 7.93. The topological polar surface area (TPSA) is 57.5 Å². The number of alkyl halides is 3. The van der Waals surface area contributed by atoms with E-state index in [0.29, 0.717) is 6.61 Å². The first-order chi connectivity index (χ1) is 5.36. The summed E-state index contributed by atoms with van der Waals surface area (Å²) in [6.07, 6.45) is -3.05. The number of unbranched alkanes of at least 4 members (excludes halogenated alkanes) is 1. The molecule has 0 aromatic carbocycles. The molecule has 0 aliphatic carbocycles. The molecule has 0 rings (SSSR count). The van der Waals surface area contributed by atoms with Crippen molar-refractivity contribution in [1.82, 2.24) is 0 Å². The maximum atomic E-state index is 10.6. The van der Waals surface area contributed by atoms with Gasteiger partial charge in [0.15, 0.2) is 0 Å². The lowest BCUT2D eigenvalue weighted by molar-refractivity contribution is -0.192. The fourth-order valence-corrected chi connectivity index (χ4v) is 0.158. The van der Waals surface area contributed by atoms with Crippen LogP contribution in [0.5, 0.6) is 0 Å². The summed E-state index contributed by atoms with van der Waals surface area (Å²) in [5.41, 5.74) is 0. The van der Waals surface area contributed by atoms with Gasteiger partial charge >= 0.3 is 12.1 Å². The van der Waals surface area contributed by atoms with Crippen molar-refractivity contribution in [3.8, 4) is 0 Å². The second kappa shape index (κ2) is 6.90. The molecule has 0 aromatic rings. The molecule has 0 saturated carbocycles. The lowest BCUT2D eigenvalue weighted by Gasteiger charge is -1.93. The fourth-order valence-electron chi connectivity index (χ4n) is 0.158. The SMILES string of the molecule is CCCCO.O=C(O)C(F)(F)F. The Hall–Kier alpha value is -0.780. The van der Waals surface area contributed by atoms with Crippen LogP contribution in [-0.4, -0.2) is 29.0 Å². The van der Waals surface area contributed by atoms with E-state index in [1.807, 2.05) is 0 Å². The van der Waals surface area contributed by atoms with E-state index in [4.69, 9.17) is 15.0 Å². The van der Waals surface area contributed by atoms with E-state index in [0.717, 1.165) is 12.8 Å². The molecule has 0 radical (unpaired) electrons. The Morgan fingerprint density at radius 2 is 1.75 bits per heavy atom. The van der Waals surface area contributed by atoms with Gasteiger partial charge in [-0.05, 0) is 6.42 Å². The number of carboxylic acids is 1. The van der Waals surface area contributed by atoms with Gasteiger partial charge < -0.3 is 10.2 Å². The Morgan fingerprint density at radius 3 is 1.75 bits per heavy atom. The van der Waals surface area contributed by atoms with Crippen molar-refractivity contribution in [2.24, 2.45) is 0 Å². The minimum atomic E-state index is -5.08. The predicted molar refractivity (Wildman–Crippen MR) is 35.7 cm³/mol. The van der Waals surface area contributed by atoms with Gasteiger partial charge in [0, 0.05) is 6.61 Å². The standard InChI is InChI=1S/C4H10O.C2HF3O2/c1-2-3-4-5;3-2(4,5)1(6)7/h5H,2-4H2,1H3;(H,6,7). The van der Waals surface area contributed by atoms with Gasteiger partial charge in [-0.25, -0.2) is 4.79 Å². The maximum Gasteiger partial charge on any atom is 0.490 e. The first kappa shape index (κ1) is 13.8. The smallest absolute Gasteiger partial charge is 0.475 e. The van der Waals surface area contributed by atoms with Gasteiger partial charge in [0.25, 0.3) is 0 Å². The van der Waals surface area contributed by atoms with Crippen LogP contribution < -0.4 is 0 Å². The Balaban J connectivity index is 0. The van der Waals surface area contributed by atoms with E-state index in [1.54, 1.807) is 0 Å². The minimum absolute atomic E-state index is 0.344. The number of carbonyl (C=O) groups is 1. The molecular weight excluding hydrogens is 177 g/mol. The molecule has 6 heteroatoms. The van der Waals surface area contributed by atoms with Crippen molar-refractivity contribution in [2.45, 2.75) is 25.9 Å². The molecule has 2 N–H and O–H groups in total. The highest BCUT2D eigenvalue weighted by Crippen LogP contribution is 2.13. The fraction of sp³-hybridized carbons (Fsp3) is 0.833. The van der Waals surface area contributed by atoms with Crippen LogP contribution in [0.1, 0.15) is 19.8 Å². The molecule has 0 saturated heterocycles. The van der Waals surface area contributed by atoms with Crippen LogP contribution in [-0.2, 0) is 4.79 Å². The van der Waals surface area contributed by atoms with Crippen LogP contribution >= 0.6 is 0 Å². The highest BCUT2D eigenvalue weighted by Gasteiger charge is 2.38. The van der Waals surface area contributed by atoms with Crippen LogP contribution in [0.2, 0.25) is 0 Å². The third kappa shape index (κ3) is 12.0. The van der Waals surface area contributed by atoms with E-state index >= 15 is 0 Å². The molecule has 0 fully saturated rings. The van der Waals surface area contributed by atoms with Gasteiger partial charge in [0.1, 0.15) is 0 Å². The van der Waals surface area contributed by atoms with Crippen LogP contribution in [0, 0.1) is 0 Å². The van der Waals surface area contributed by atoms with Crippen molar-refractivity contribution in [3.05, 3.63) is 0 Å². The molecule has 0 aliphatic heterocycles. The van der Waals surface area contributed by atoms with Crippen molar-refractivity contribution in [1.29, 1.82) is 0 Å². The summed E-state index contributed by atoms with van der Waals surface area (Å²) in [4.78, 5) is 8.90. The molecule has 74 valence electrons. The largest absolute Gasteiger partial charge is 0.490 e. The lowest BCUT2D eigenvalue weighted by Crippen LogP contribution is -2.21. The number of aliphatic hydroxyl groups excluding tert-OH is 1. The van der Waals surface area contributed by atoms with Gasteiger partial charge in [-0.15, -0.1) is 0 Å². The third-order valence-electron chi connectivity index (χ3n) is 0.754. The second-order valence-electron chi connectivity index (χ2n) is 1.88. The average Bonchev–Trinajstić information content (AvgIpc) is 1.88. The molecule has 0 aliphatic rings. The molecule has 0 aromatic heterocycles. The van der Waals surface area contributed by atoms with Crippen LogP contribution in [0.25, 0.3) is 0 Å². The normalized spacial score (nSPS) is 10.1. The predicted octanol–water partition coefficient (Wildman–Crippen LogP) is 1.41. The summed E-state index contributed by atoms with van der Waals surface area (Å²) in [6.45, 7) is 2.40. The number of halogens is 3. The number of hydrogen-bond acceptors (Lipinski definition) is 2. The molecular formula is C6H11F3O3. The summed E-state index contributed by atoms with van der Waals surface area (Å²) in [5, 5.41) is 15.2. The Labute approximate surface area is 67.8 Å². The van der Waals surface area contributed by atoms with Gasteiger partial charge in [0.2, 0.25) is 0 Å². The molecule has 3 nitrogen and oxygen atoms in total. The molecule has 0 atom stereocenters. The summed E-state index contributed by atoms with van der Waals surface area (Å²) >= 11 is 0. The Morgan fingerprint density at radius 1 is 1.42 bits per heavy atom. The first-order valence-corrected chi connectivity index (χ1v) is 3.27. The summed E-state index contributed by atoms with van der Waals surface area (Å²) < 4.78 is 31.7. The van der Waals surface area contributed by atoms with Gasteiger partial charge in [0.05, 0.1) is 0 Å². The van der Waals surface area contributed by atoms with Crippen molar-refractivity contribution < 1.29 is 28.2 Å². The number of aliphatic carboxylic acids is 1. The number of rotatable bonds is 2. The lowest BCUT2D eigenvalue weighted by atomic mass is 10.4. The minimum Gasteiger partial charge on any atom is -0.475 e. The first-order valence-electron chi connectivity index (χ1n) is 3.27. The maximum absolute atomic E-state index is 10.6. The molecule has 0 heterocycles.